The van der Waals surface area contributed by atoms with Crippen LogP contribution in [0.15, 0.2) is 24.4 Å². The number of piperazine rings is 1. The molecule has 144 valence electrons. The second-order valence-corrected chi connectivity index (χ2v) is 8.66. The highest BCUT2D eigenvalue weighted by Gasteiger charge is 2.32. The van der Waals surface area contributed by atoms with E-state index in [4.69, 9.17) is 0 Å². The highest BCUT2D eigenvalue weighted by atomic mass is 15.3. The molecule has 0 radical (unpaired) electrons. The van der Waals surface area contributed by atoms with E-state index in [1.165, 1.54) is 71.7 Å². The van der Waals surface area contributed by atoms with Crippen LogP contribution in [0, 0.1) is 5.92 Å². The van der Waals surface area contributed by atoms with E-state index in [2.05, 4.69) is 50.6 Å². The summed E-state index contributed by atoms with van der Waals surface area (Å²) in [5.74, 6) is 1.96. The van der Waals surface area contributed by atoms with Gasteiger partial charge in [0.15, 0.2) is 0 Å². The summed E-state index contributed by atoms with van der Waals surface area (Å²) in [6.45, 7) is 15.9. The van der Waals surface area contributed by atoms with E-state index in [9.17, 15) is 0 Å². The van der Waals surface area contributed by atoms with Crippen molar-refractivity contribution in [3.63, 3.8) is 0 Å². The van der Waals surface area contributed by atoms with Crippen molar-refractivity contribution in [1.82, 2.24) is 19.7 Å². The van der Waals surface area contributed by atoms with E-state index < -0.39 is 0 Å². The molecule has 3 saturated heterocycles. The SMILES string of the molecule is CC(C)N1CCC(N2CCN(CC3CN(c4ccccn4)C3)CC2)CC1. The number of piperidine rings is 1. The molecule has 5 heteroatoms. The second-order valence-electron chi connectivity index (χ2n) is 8.66. The van der Waals surface area contributed by atoms with Crippen molar-refractivity contribution in [3.8, 4) is 0 Å². The maximum atomic E-state index is 4.46. The summed E-state index contributed by atoms with van der Waals surface area (Å²) >= 11 is 0. The van der Waals surface area contributed by atoms with Crippen molar-refractivity contribution in [2.24, 2.45) is 5.92 Å². The number of anilines is 1. The van der Waals surface area contributed by atoms with Gasteiger partial charge >= 0.3 is 0 Å². The van der Waals surface area contributed by atoms with Crippen molar-refractivity contribution in [2.75, 3.05) is 63.8 Å². The van der Waals surface area contributed by atoms with Crippen LogP contribution in [0.4, 0.5) is 5.82 Å². The van der Waals surface area contributed by atoms with E-state index in [0.29, 0.717) is 6.04 Å². The summed E-state index contributed by atoms with van der Waals surface area (Å²) in [6.07, 6.45) is 4.62. The molecular formula is C21H35N5. The molecule has 3 aliphatic heterocycles. The average molecular weight is 358 g/mol. The zero-order valence-electron chi connectivity index (χ0n) is 16.6. The predicted molar refractivity (Wildman–Crippen MR) is 108 cm³/mol. The monoisotopic (exact) mass is 357 g/mol. The third-order valence-electron chi connectivity index (χ3n) is 6.60. The molecule has 0 spiro atoms. The maximum Gasteiger partial charge on any atom is 0.128 e. The minimum atomic E-state index is 0.709. The first-order valence-electron chi connectivity index (χ1n) is 10.6. The number of likely N-dealkylation sites (tertiary alicyclic amines) is 1. The Kier molecular flexibility index (Phi) is 5.77. The Morgan fingerprint density at radius 3 is 2.35 bits per heavy atom. The quantitative estimate of drug-likeness (QED) is 0.803. The van der Waals surface area contributed by atoms with Crippen LogP contribution < -0.4 is 4.90 Å². The largest absolute Gasteiger partial charge is 0.356 e. The molecule has 5 nitrogen and oxygen atoms in total. The molecule has 0 amide bonds. The third kappa shape index (κ3) is 4.21. The highest BCUT2D eigenvalue weighted by Crippen LogP contribution is 2.24. The van der Waals surface area contributed by atoms with E-state index in [-0.39, 0.29) is 0 Å². The second kappa shape index (κ2) is 8.24. The van der Waals surface area contributed by atoms with E-state index in [0.717, 1.165) is 17.8 Å². The molecule has 3 aliphatic rings. The molecule has 0 atom stereocenters. The van der Waals surface area contributed by atoms with E-state index in [1.807, 2.05) is 12.3 Å². The number of aromatic nitrogens is 1. The molecule has 1 aromatic heterocycles. The van der Waals surface area contributed by atoms with Crippen molar-refractivity contribution in [2.45, 2.75) is 38.8 Å². The average Bonchev–Trinajstić information content (AvgIpc) is 2.65. The summed E-state index contributed by atoms with van der Waals surface area (Å²) in [5.41, 5.74) is 0. The number of rotatable bonds is 5. The van der Waals surface area contributed by atoms with E-state index >= 15 is 0 Å². The predicted octanol–water partition coefficient (Wildman–Crippen LogP) is 2.01. The van der Waals surface area contributed by atoms with Gasteiger partial charge in [0.2, 0.25) is 0 Å². The first kappa shape index (κ1) is 18.2. The van der Waals surface area contributed by atoms with Crippen LogP contribution in [0.3, 0.4) is 0 Å². The van der Waals surface area contributed by atoms with Crippen LogP contribution in [0.5, 0.6) is 0 Å². The molecule has 0 aliphatic carbocycles. The highest BCUT2D eigenvalue weighted by molar-refractivity contribution is 5.40. The molecule has 0 saturated carbocycles. The molecule has 0 unspecified atom stereocenters. The molecule has 3 fully saturated rings. The lowest BCUT2D eigenvalue weighted by Gasteiger charge is -2.46. The van der Waals surface area contributed by atoms with Crippen molar-refractivity contribution < 1.29 is 0 Å². The van der Waals surface area contributed by atoms with Gasteiger partial charge in [0.25, 0.3) is 0 Å². The third-order valence-corrected chi connectivity index (χ3v) is 6.60. The van der Waals surface area contributed by atoms with Crippen molar-refractivity contribution >= 4 is 5.82 Å². The Morgan fingerprint density at radius 1 is 1.00 bits per heavy atom. The van der Waals surface area contributed by atoms with E-state index in [1.54, 1.807) is 0 Å². The lowest BCUT2D eigenvalue weighted by atomic mass is 9.98. The summed E-state index contributed by atoms with van der Waals surface area (Å²) in [6, 6.07) is 7.74. The maximum absolute atomic E-state index is 4.46. The smallest absolute Gasteiger partial charge is 0.128 e. The Labute approximate surface area is 159 Å². The van der Waals surface area contributed by atoms with Crippen molar-refractivity contribution in [1.29, 1.82) is 0 Å². The van der Waals surface area contributed by atoms with Gasteiger partial charge in [-0.05, 0) is 51.9 Å². The minimum absolute atomic E-state index is 0.709. The normalized spacial score (nSPS) is 25.0. The number of hydrogen-bond donors (Lipinski definition) is 0. The minimum Gasteiger partial charge on any atom is -0.356 e. The Balaban J connectivity index is 1.15. The molecular weight excluding hydrogens is 322 g/mol. The summed E-state index contributed by atoms with van der Waals surface area (Å²) < 4.78 is 0. The zero-order valence-corrected chi connectivity index (χ0v) is 16.6. The summed E-state index contributed by atoms with van der Waals surface area (Å²) in [4.78, 5) is 15.0. The fourth-order valence-electron chi connectivity index (χ4n) is 4.86. The standard InChI is InChI=1S/C21H35N5/c1-18(2)24-9-6-20(7-10-24)25-13-11-23(12-14-25)15-19-16-26(17-19)21-5-3-4-8-22-21/h3-5,8,18-20H,6-7,9-17H2,1-2H3. The molecule has 26 heavy (non-hydrogen) atoms. The van der Waals surface area contributed by atoms with Gasteiger partial charge in [-0.15, -0.1) is 0 Å². The van der Waals surface area contributed by atoms with Gasteiger partial charge in [-0.3, -0.25) is 4.90 Å². The fourth-order valence-corrected chi connectivity index (χ4v) is 4.86. The summed E-state index contributed by atoms with van der Waals surface area (Å²) in [7, 11) is 0. The van der Waals surface area contributed by atoms with Gasteiger partial charge in [0.05, 0.1) is 0 Å². The Hall–Kier alpha value is -1.17. The fraction of sp³-hybridized carbons (Fsp3) is 0.762. The van der Waals surface area contributed by atoms with Crippen LogP contribution in [-0.2, 0) is 0 Å². The molecule has 4 rings (SSSR count). The van der Waals surface area contributed by atoms with Crippen LogP contribution in [0.25, 0.3) is 0 Å². The molecule has 0 aromatic carbocycles. The van der Waals surface area contributed by atoms with Crippen LogP contribution in [-0.4, -0.2) is 90.7 Å². The van der Waals surface area contributed by atoms with Gasteiger partial charge in [-0.1, -0.05) is 6.07 Å². The number of hydrogen-bond acceptors (Lipinski definition) is 5. The number of nitrogens with zero attached hydrogens (tertiary/aromatic N) is 5. The van der Waals surface area contributed by atoms with Crippen molar-refractivity contribution in [3.05, 3.63) is 24.4 Å². The van der Waals surface area contributed by atoms with Gasteiger partial charge in [0.1, 0.15) is 5.82 Å². The van der Waals surface area contributed by atoms with Crippen LogP contribution in [0.2, 0.25) is 0 Å². The first-order valence-corrected chi connectivity index (χ1v) is 10.6. The Bertz CT molecular complexity index is 541. The molecule has 0 N–H and O–H groups in total. The zero-order chi connectivity index (χ0) is 17.9. The number of pyridine rings is 1. The Morgan fingerprint density at radius 2 is 1.73 bits per heavy atom. The van der Waals surface area contributed by atoms with Crippen LogP contribution >= 0.6 is 0 Å². The lowest BCUT2D eigenvalue weighted by Crippen LogP contribution is -2.57. The van der Waals surface area contributed by atoms with Gasteiger partial charge in [-0.25, -0.2) is 4.98 Å². The topological polar surface area (TPSA) is 25.9 Å². The molecule has 1 aromatic rings. The van der Waals surface area contributed by atoms with Gasteiger partial charge < -0.3 is 14.7 Å². The van der Waals surface area contributed by atoms with Crippen LogP contribution in [0.1, 0.15) is 26.7 Å². The lowest BCUT2D eigenvalue weighted by molar-refractivity contribution is 0.0455. The molecule has 0 bridgehead atoms. The van der Waals surface area contributed by atoms with Gasteiger partial charge in [0, 0.05) is 70.0 Å². The first-order chi connectivity index (χ1) is 12.7. The van der Waals surface area contributed by atoms with Gasteiger partial charge in [-0.2, -0.15) is 0 Å². The summed E-state index contributed by atoms with van der Waals surface area (Å²) in [5, 5.41) is 0. The molecule has 4 heterocycles.